The van der Waals surface area contributed by atoms with Crippen molar-refractivity contribution < 1.29 is 19.1 Å². The van der Waals surface area contributed by atoms with Crippen LogP contribution in [-0.4, -0.2) is 35.9 Å². The summed E-state index contributed by atoms with van der Waals surface area (Å²) < 4.78 is 11.5. The number of para-hydroxylation sites is 1. The first-order chi connectivity index (χ1) is 10.5. The highest BCUT2D eigenvalue weighted by Crippen LogP contribution is 2.24. The lowest BCUT2D eigenvalue weighted by Crippen LogP contribution is -2.11. The van der Waals surface area contributed by atoms with Gasteiger partial charge in [-0.2, -0.15) is 5.10 Å². The van der Waals surface area contributed by atoms with Crippen LogP contribution in [-0.2, 0) is 15.9 Å². The average molecular weight is 414 g/mol. The Morgan fingerprint density at radius 2 is 1.82 bits per heavy atom. The number of aryl methyl sites for hydroxylation is 1. The van der Waals surface area contributed by atoms with E-state index < -0.39 is 11.9 Å². The molecular weight excluding hydrogens is 399 g/mol. The van der Waals surface area contributed by atoms with E-state index in [-0.39, 0.29) is 11.3 Å². The number of methoxy groups -OCH3 is 2. The molecule has 6 nitrogen and oxygen atoms in total. The van der Waals surface area contributed by atoms with Crippen LogP contribution >= 0.6 is 22.6 Å². The number of carbonyl (C=O) groups excluding carboxylic acids is 2. The van der Waals surface area contributed by atoms with Gasteiger partial charge in [0.15, 0.2) is 5.69 Å². The summed E-state index contributed by atoms with van der Waals surface area (Å²) in [5.41, 5.74) is 1.93. The van der Waals surface area contributed by atoms with Gasteiger partial charge in [0.25, 0.3) is 0 Å². The van der Waals surface area contributed by atoms with E-state index in [9.17, 15) is 9.59 Å². The minimum absolute atomic E-state index is 0.0512. The molecular formula is C15H15IN2O4. The monoisotopic (exact) mass is 414 g/mol. The third-order valence-electron chi connectivity index (χ3n) is 3.20. The molecule has 7 heteroatoms. The largest absolute Gasteiger partial charge is 0.465 e. The van der Waals surface area contributed by atoms with Crippen molar-refractivity contribution in [1.29, 1.82) is 0 Å². The molecule has 1 aromatic carbocycles. The maximum absolute atomic E-state index is 12.0. The molecule has 2 aromatic rings. The van der Waals surface area contributed by atoms with Crippen LogP contribution in [0.1, 0.15) is 33.3 Å². The number of hydrogen-bond donors (Lipinski definition) is 0. The molecule has 0 radical (unpaired) electrons. The molecule has 0 saturated carbocycles. The Hall–Kier alpha value is -1.90. The normalized spacial score (nSPS) is 10.4. The molecule has 0 aliphatic heterocycles. The maximum atomic E-state index is 12.0. The van der Waals surface area contributed by atoms with E-state index in [4.69, 9.17) is 9.47 Å². The predicted molar refractivity (Wildman–Crippen MR) is 88.3 cm³/mol. The number of benzene rings is 1. The fourth-order valence-corrected chi connectivity index (χ4v) is 2.94. The van der Waals surface area contributed by atoms with E-state index in [0.717, 1.165) is 17.7 Å². The first kappa shape index (κ1) is 16.5. The van der Waals surface area contributed by atoms with Gasteiger partial charge in [-0.05, 0) is 40.6 Å². The lowest BCUT2D eigenvalue weighted by atomic mass is 10.1. The molecule has 22 heavy (non-hydrogen) atoms. The van der Waals surface area contributed by atoms with E-state index in [1.54, 1.807) is 4.68 Å². The number of halogens is 1. The van der Waals surface area contributed by atoms with Crippen molar-refractivity contribution in [3.63, 3.8) is 0 Å². The molecule has 0 N–H and O–H groups in total. The zero-order valence-electron chi connectivity index (χ0n) is 12.4. The number of rotatable bonds is 4. The Morgan fingerprint density at radius 3 is 2.41 bits per heavy atom. The third-order valence-corrected chi connectivity index (χ3v) is 4.19. The molecule has 0 amide bonds. The highest BCUT2D eigenvalue weighted by Gasteiger charge is 2.29. The summed E-state index contributed by atoms with van der Waals surface area (Å²) in [6, 6.07) is 7.67. The second-order valence-electron chi connectivity index (χ2n) is 4.39. The fraction of sp³-hybridized carbons (Fsp3) is 0.267. The van der Waals surface area contributed by atoms with Gasteiger partial charge >= 0.3 is 11.9 Å². The SMILES string of the molecule is CCc1ccccc1-n1nc(C(=O)OC)c(C(=O)OC)c1I. The van der Waals surface area contributed by atoms with Gasteiger partial charge in [-0.3, -0.25) is 0 Å². The molecule has 0 spiro atoms. The molecule has 2 rings (SSSR count). The zero-order chi connectivity index (χ0) is 16.3. The topological polar surface area (TPSA) is 70.4 Å². The van der Waals surface area contributed by atoms with Crippen molar-refractivity contribution >= 4 is 34.5 Å². The number of nitrogens with zero attached hydrogens (tertiary/aromatic N) is 2. The van der Waals surface area contributed by atoms with E-state index in [1.807, 2.05) is 53.8 Å². The van der Waals surface area contributed by atoms with Gasteiger partial charge in [0, 0.05) is 0 Å². The second kappa shape index (κ2) is 6.91. The molecule has 0 bridgehead atoms. The van der Waals surface area contributed by atoms with Crippen molar-refractivity contribution in [2.24, 2.45) is 0 Å². The molecule has 0 saturated heterocycles. The molecule has 0 fully saturated rings. The average Bonchev–Trinajstić information content (AvgIpc) is 2.90. The Morgan fingerprint density at radius 1 is 1.18 bits per heavy atom. The van der Waals surface area contributed by atoms with Crippen molar-refractivity contribution in [3.05, 3.63) is 44.8 Å². The van der Waals surface area contributed by atoms with Gasteiger partial charge in [0.05, 0.1) is 19.9 Å². The van der Waals surface area contributed by atoms with Crippen LogP contribution < -0.4 is 0 Å². The smallest absolute Gasteiger partial charge is 0.359 e. The minimum atomic E-state index is -0.675. The van der Waals surface area contributed by atoms with Crippen molar-refractivity contribution in [2.75, 3.05) is 14.2 Å². The number of ether oxygens (including phenoxy) is 2. The second-order valence-corrected chi connectivity index (χ2v) is 5.41. The summed E-state index contributed by atoms with van der Waals surface area (Å²) in [6.07, 6.45) is 0.799. The quantitative estimate of drug-likeness (QED) is 0.569. The van der Waals surface area contributed by atoms with Crippen molar-refractivity contribution in [1.82, 2.24) is 9.78 Å². The summed E-state index contributed by atoms with van der Waals surface area (Å²) in [5.74, 6) is -1.30. The summed E-state index contributed by atoms with van der Waals surface area (Å²) in [4.78, 5) is 23.9. The van der Waals surface area contributed by atoms with E-state index in [1.165, 1.54) is 14.2 Å². The van der Waals surface area contributed by atoms with Gasteiger partial charge in [-0.25, -0.2) is 14.3 Å². The van der Waals surface area contributed by atoms with Gasteiger partial charge in [0.1, 0.15) is 9.26 Å². The van der Waals surface area contributed by atoms with Crippen molar-refractivity contribution in [2.45, 2.75) is 13.3 Å². The molecule has 0 aliphatic carbocycles. The molecule has 0 aliphatic rings. The highest BCUT2D eigenvalue weighted by molar-refractivity contribution is 14.1. The summed E-state index contributed by atoms with van der Waals surface area (Å²) >= 11 is 1.98. The predicted octanol–water partition coefficient (Wildman–Crippen LogP) is 2.61. The van der Waals surface area contributed by atoms with E-state index in [0.29, 0.717) is 3.70 Å². The van der Waals surface area contributed by atoms with Gasteiger partial charge < -0.3 is 9.47 Å². The Kier molecular flexibility index (Phi) is 5.17. The number of hydrogen-bond acceptors (Lipinski definition) is 5. The van der Waals surface area contributed by atoms with Crippen LogP contribution in [0.2, 0.25) is 0 Å². The summed E-state index contributed by atoms with van der Waals surface area (Å²) in [7, 11) is 2.51. The molecule has 116 valence electrons. The van der Waals surface area contributed by atoms with Gasteiger partial charge in [-0.15, -0.1) is 0 Å². The Bertz CT molecular complexity index is 724. The third kappa shape index (κ3) is 2.85. The van der Waals surface area contributed by atoms with Crippen molar-refractivity contribution in [3.8, 4) is 5.69 Å². The molecule has 1 aromatic heterocycles. The minimum Gasteiger partial charge on any atom is -0.465 e. The van der Waals surface area contributed by atoms with Crippen LogP contribution in [0.5, 0.6) is 0 Å². The molecule has 0 atom stereocenters. The number of carbonyl (C=O) groups is 2. The van der Waals surface area contributed by atoms with Gasteiger partial charge in [0.2, 0.25) is 0 Å². The molecule has 1 heterocycles. The van der Waals surface area contributed by atoms with Gasteiger partial charge in [-0.1, -0.05) is 25.1 Å². The lowest BCUT2D eigenvalue weighted by Gasteiger charge is -2.08. The standard InChI is InChI=1S/C15H15IN2O4/c1-4-9-7-5-6-8-10(9)18-13(16)11(14(19)21-2)12(17-18)15(20)22-3/h5-8H,4H2,1-3H3. The highest BCUT2D eigenvalue weighted by atomic mass is 127. The zero-order valence-corrected chi connectivity index (χ0v) is 14.6. The van der Waals surface area contributed by atoms with Crippen LogP contribution in [0, 0.1) is 3.70 Å². The fourth-order valence-electron chi connectivity index (χ4n) is 2.10. The summed E-state index contributed by atoms with van der Waals surface area (Å²) in [5, 5.41) is 4.26. The molecule has 0 unspecified atom stereocenters. The summed E-state index contributed by atoms with van der Waals surface area (Å²) in [6.45, 7) is 2.03. The lowest BCUT2D eigenvalue weighted by molar-refractivity contribution is 0.0551. The van der Waals surface area contributed by atoms with E-state index in [2.05, 4.69) is 5.10 Å². The van der Waals surface area contributed by atoms with Crippen LogP contribution in [0.15, 0.2) is 24.3 Å². The Balaban J connectivity index is 2.71. The maximum Gasteiger partial charge on any atom is 0.359 e. The first-order valence-corrected chi connectivity index (χ1v) is 7.66. The van der Waals surface area contributed by atoms with Crippen LogP contribution in [0.4, 0.5) is 0 Å². The van der Waals surface area contributed by atoms with Crippen LogP contribution in [0.3, 0.4) is 0 Å². The van der Waals surface area contributed by atoms with E-state index >= 15 is 0 Å². The van der Waals surface area contributed by atoms with Crippen LogP contribution in [0.25, 0.3) is 5.69 Å². The Labute approximate surface area is 141 Å². The number of aromatic nitrogens is 2. The first-order valence-electron chi connectivity index (χ1n) is 6.58. The number of esters is 2.